The molecule has 1 unspecified atom stereocenters. The van der Waals surface area contributed by atoms with Gasteiger partial charge in [0.15, 0.2) is 0 Å². The first-order valence-electron chi connectivity index (χ1n) is 6.87. The van der Waals surface area contributed by atoms with Crippen molar-refractivity contribution in [1.82, 2.24) is 5.32 Å². The van der Waals surface area contributed by atoms with Crippen LogP contribution < -0.4 is 5.32 Å². The van der Waals surface area contributed by atoms with Crippen molar-refractivity contribution >= 4 is 11.3 Å². The van der Waals surface area contributed by atoms with Gasteiger partial charge in [-0.25, -0.2) is 0 Å². The van der Waals surface area contributed by atoms with Crippen LogP contribution in [-0.2, 0) is 0 Å². The number of aryl methyl sites for hydroxylation is 2. The minimum absolute atomic E-state index is 0.511. The molecule has 0 saturated heterocycles. The van der Waals surface area contributed by atoms with Gasteiger partial charge < -0.3 is 5.32 Å². The predicted octanol–water partition coefficient (Wildman–Crippen LogP) is 4.60. The summed E-state index contributed by atoms with van der Waals surface area (Å²) in [6, 6.07) is 2.90. The smallest absolute Gasteiger partial charge is 0.0472 e. The molecule has 0 amide bonds. The lowest BCUT2D eigenvalue weighted by atomic mass is 9.75. The van der Waals surface area contributed by atoms with Gasteiger partial charge in [-0.3, -0.25) is 0 Å². The van der Waals surface area contributed by atoms with Crippen LogP contribution >= 0.6 is 11.3 Å². The van der Waals surface area contributed by atoms with E-state index in [1.54, 1.807) is 4.88 Å². The second-order valence-corrected chi connectivity index (χ2v) is 6.84. The van der Waals surface area contributed by atoms with Crippen LogP contribution in [0.1, 0.15) is 60.4 Å². The number of hydrogen-bond donors (Lipinski definition) is 1. The highest BCUT2D eigenvalue weighted by Gasteiger charge is 2.40. The Morgan fingerprint density at radius 3 is 2.41 bits per heavy atom. The molecule has 2 rings (SSSR count). The third kappa shape index (κ3) is 2.30. The summed E-state index contributed by atoms with van der Waals surface area (Å²) in [7, 11) is 2.13. The fourth-order valence-corrected chi connectivity index (χ4v) is 4.88. The summed E-state index contributed by atoms with van der Waals surface area (Å²) >= 11 is 1.99. The van der Waals surface area contributed by atoms with E-state index in [0.717, 1.165) is 0 Å². The lowest BCUT2D eigenvalue weighted by Crippen LogP contribution is -2.34. The molecule has 17 heavy (non-hydrogen) atoms. The summed E-state index contributed by atoms with van der Waals surface area (Å²) in [6.45, 7) is 6.86. The molecular formula is C15H25NS. The van der Waals surface area contributed by atoms with Crippen molar-refractivity contribution < 1.29 is 0 Å². The molecular weight excluding hydrogens is 226 g/mol. The molecule has 2 heteroatoms. The predicted molar refractivity (Wildman–Crippen MR) is 76.8 cm³/mol. The van der Waals surface area contributed by atoms with Gasteiger partial charge in [0.25, 0.3) is 0 Å². The number of nitrogens with one attached hydrogen (secondary N) is 1. The molecule has 0 spiro atoms. The normalized spacial score (nSPS) is 20.7. The van der Waals surface area contributed by atoms with Gasteiger partial charge in [-0.1, -0.05) is 19.8 Å². The van der Waals surface area contributed by atoms with E-state index in [0.29, 0.717) is 11.5 Å². The minimum atomic E-state index is 0.511. The molecule has 1 N–H and O–H groups in total. The number of hydrogen-bond acceptors (Lipinski definition) is 2. The molecule has 1 aromatic rings. The molecule has 1 aromatic heterocycles. The van der Waals surface area contributed by atoms with Crippen LogP contribution in [0.5, 0.6) is 0 Å². The highest BCUT2D eigenvalue weighted by molar-refractivity contribution is 7.12. The Bertz CT molecular complexity index is 374. The van der Waals surface area contributed by atoms with Crippen LogP contribution in [0.2, 0.25) is 0 Å². The Morgan fingerprint density at radius 2 is 2.00 bits per heavy atom. The van der Waals surface area contributed by atoms with Crippen molar-refractivity contribution in [2.45, 2.75) is 58.9 Å². The first-order chi connectivity index (χ1) is 8.13. The van der Waals surface area contributed by atoms with E-state index in [4.69, 9.17) is 0 Å². The molecule has 1 atom stereocenters. The third-order valence-electron chi connectivity index (χ3n) is 4.55. The Morgan fingerprint density at radius 1 is 1.35 bits per heavy atom. The van der Waals surface area contributed by atoms with Crippen molar-refractivity contribution in [3.8, 4) is 0 Å². The maximum absolute atomic E-state index is 3.62. The zero-order valence-electron chi connectivity index (χ0n) is 11.6. The monoisotopic (exact) mass is 251 g/mol. The summed E-state index contributed by atoms with van der Waals surface area (Å²) < 4.78 is 0. The molecule has 1 heterocycles. The van der Waals surface area contributed by atoms with Crippen LogP contribution in [0.3, 0.4) is 0 Å². The van der Waals surface area contributed by atoms with Gasteiger partial charge in [-0.05, 0) is 57.2 Å². The van der Waals surface area contributed by atoms with Crippen LogP contribution in [0, 0.1) is 19.3 Å². The first-order valence-corrected chi connectivity index (χ1v) is 7.69. The molecule has 0 aromatic carbocycles. The van der Waals surface area contributed by atoms with Crippen molar-refractivity contribution in [3.05, 3.63) is 21.4 Å². The van der Waals surface area contributed by atoms with Crippen molar-refractivity contribution in [2.24, 2.45) is 5.41 Å². The Kier molecular flexibility index (Phi) is 3.94. The van der Waals surface area contributed by atoms with Crippen molar-refractivity contribution in [1.29, 1.82) is 0 Å². The van der Waals surface area contributed by atoms with E-state index in [9.17, 15) is 0 Å². The zero-order valence-corrected chi connectivity index (χ0v) is 12.4. The highest BCUT2D eigenvalue weighted by atomic mass is 32.1. The van der Waals surface area contributed by atoms with Gasteiger partial charge in [0.2, 0.25) is 0 Å². The van der Waals surface area contributed by atoms with E-state index < -0.39 is 0 Å². The van der Waals surface area contributed by atoms with E-state index in [1.807, 2.05) is 11.3 Å². The molecule has 1 aliphatic carbocycles. The third-order valence-corrected chi connectivity index (χ3v) is 5.76. The summed E-state index contributed by atoms with van der Waals surface area (Å²) in [5.74, 6) is 0. The average molecular weight is 251 g/mol. The van der Waals surface area contributed by atoms with Gasteiger partial charge in [0.1, 0.15) is 0 Å². The van der Waals surface area contributed by atoms with Crippen LogP contribution in [0.4, 0.5) is 0 Å². The maximum Gasteiger partial charge on any atom is 0.0472 e. The van der Waals surface area contributed by atoms with Crippen LogP contribution in [-0.4, -0.2) is 7.05 Å². The van der Waals surface area contributed by atoms with Crippen LogP contribution in [0.25, 0.3) is 0 Å². The quantitative estimate of drug-likeness (QED) is 0.825. The minimum Gasteiger partial charge on any atom is -0.312 e. The second kappa shape index (κ2) is 5.11. The fraction of sp³-hybridized carbons (Fsp3) is 0.733. The summed E-state index contributed by atoms with van der Waals surface area (Å²) in [5.41, 5.74) is 1.99. The van der Waals surface area contributed by atoms with Gasteiger partial charge in [-0.15, -0.1) is 11.3 Å². The van der Waals surface area contributed by atoms with E-state index in [-0.39, 0.29) is 0 Å². The molecule has 1 saturated carbocycles. The average Bonchev–Trinajstić information content (AvgIpc) is 2.89. The number of thiophene rings is 1. The molecule has 1 nitrogen and oxygen atoms in total. The zero-order chi connectivity index (χ0) is 12.5. The molecule has 1 fully saturated rings. The topological polar surface area (TPSA) is 12.0 Å². The molecule has 0 radical (unpaired) electrons. The Labute approximate surface area is 110 Å². The Hall–Kier alpha value is -0.340. The maximum atomic E-state index is 3.62. The van der Waals surface area contributed by atoms with Gasteiger partial charge in [0, 0.05) is 15.8 Å². The van der Waals surface area contributed by atoms with Gasteiger partial charge in [0.05, 0.1) is 0 Å². The van der Waals surface area contributed by atoms with E-state index in [1.165, 1.54) is 42.5 Å². The molecule has 0 bridgehead atoms. The van der Waals surface area contributed by atoms with E-state index >= 15 is 0 Å². The van der Waals surface area contributed by atoms with Crippen molar-refractivity contribution in [2.75, 3.05) is 7.05 Å². The van der Waals surface area contributed by atoms with E-state index in [2.05, 4.69) is 39.2 Å². The first kappa shape index (κ1) is 13.1. The fourth-order valence-electron chi connectivity index (χ4n) is 3.59. The molecule has 1 aliphatic rings. The van der Waals surface area contributed by atoms with Gasteiger partial charge in [-0.2, -0.15) is 0 Å². The summed E-state index contributed by atoms with van der Waals surface area (Å²) in [4.78, 5) is 3.02. The Balaban J connectivity index is 2.35. The molecule has 0 aliphatic heterocycles. The summed E-state index contributed by atoms with van der Waals surface area (Å²) in [6.07, 6.45) is 6.91. The largest absolute Gasteiger partial charge is 0.312 e. The highest BCUT2D eigenvalue weighted by Crippen LogP contribution is 2.51. The van der Waals surface area contributed by atoms with Crippen molar-refractivity contribution in [3.63, 3.8) is 0 Å². The lowest BCUT2D eigenvalue weighted by Gasteiger charge is -2.37. The lowest BCUT2D eigenvalue weighted by molar-refractivity contribution is 0.197. The number of rotatable bonds is 4. The molecule has 96 valence electrons. The van der Waals surface area contributed by atoms with Crippen LogP contribution in [0.15, 0.2) is 6.07 Å². The van der Waals surface area contributed by atoms with Gasteiger partial charge >= 0.3 is 0 Å². The standard InChI is InChI=1S/C15H25NS/c1-5-15(8-6-7-9-15)14(16-4)13-11(2)10-12(3)17-13/h10,14,16H,5-9H2,1-4H3. The second-order valence-electron chi connectivity index (χ2n) is 5.55. The summed E-state index contributed by atoms with van der Waals surface area (Å²) in [5, 5.41) is 3.62. The SMILES string of the molecule is CCC1(C(NC)c2sc(C)cc2C)CCCC1.